The summed E-state index contributed by atoms with van der Waals surface area (Å²) in [5, 5.41) is 11.5. The predicted octanol–water partition coefficient (Wildman–Crippen LogP) is 4.55. The van der Waals surface area contributed by atoms with Gasteiger partial charge in [0.05, 0.1) is 40.4 Å². The fraction of sp³-hybridized carbons (Fsp3) is 0.458. The van der Waals surface area contributed by atoms with E-state index >= 15 is 0 Å². The Hall–Kier alpha value is -2.71. The number of unbranched alkanes of at least 4 members (excludes halogenated alkanes) is 2. The first-order chi connectivity index (χ1) is 15.4. The normalized spacial score (nSPS) is 16.2. The zero-order valence-electron chi connectivity index (χ0n) is 19.0. The van der Waals surface area contributed by atoms with Crippen LogP contribution in [0.4, 0.5) is 0 Å². The van der Waals surface area contributed by atoms with Crippen molar-refractivity contribution in [3.8, 4) is 5.75 Å². The molecule has 0 saturated heterocycles. The van der Waals surface area contributed by atoms with Crippen LogP contribution in [0.1, 0.15) is 58.2 Å². The highest BCUT2D eigenvalue weighted by Gasteiger charge is 2.44. The molecule has 0 saturated carbocycles. The topological polar surface area (TPSA) is 89.0 Å². The average molecular weight is 459 g/mol. The summed E-state index contributed by atoms with van der Waals surface area (Å²) >= 11 is 1.26. The van der Waals surface area contributed by atoms with E-state index < -0.39 is 17.7 Å². The third-order valence-electron chi connectivity index (χ3n) is 5.38. The summed E-state index contributed by atoms with van der Waals surface area (Å²) in [6, 6.07) is 6.63. The van der Waals surface area contributed by atoms with E-state index in [4.69, 9.17) is 9.47 Å². The molecule has 172 valence electrons. The number of aromatic nitrogens is 1. The predicted molar refractivity (Wildman–Crippen MR) is 123 cm³/mol. The molecular weight excluding hydrogens is 428 g/mol. The molecule has 3 rings (SSSR count). The SMILES string of the molecule is CCCCCOc1cccc(C2C(C(=O)c3sc(C)nc3C)=C(O)C(=O)N2CCOC)c1. The van der Waals surface area contributed by atoms with E-state index in [1.807, 2.05) is 31.2 Å². The maximum absolute atomic E-state index is 13.5. The molecule has 1 N–H and O–H groups in total. The van der Waals surface area contributed by atoms with Gasteiger partial charge < -0.3 is 19.5 Å². The number of rotatable bonds is 11. The lowest BCUT2D eigenvalue weighted by molar-refractivity contribution is -0.130. The van der Waals surface area contributed by atoms with E-state index in [0.717, 1.165) is 24.3 Å². The molecule has 2 aromatic rings. The summed E-state index contributed by atoms with van der Waals surface area (Å²) in [4.78, 5) is 32.6. The quantitative estimate of drug-likeness (QED) is 0.392. The van der Waals surface area contributed by atoms with E-state index in [2.05, 4.69) is 11.9 Å². The number of Topliss-reactive ketones (excluding diaryl/α,β-unsaturated/α-hetero) is 1. The van der Waals surface area contributed by atoms with Crippen LogP contribution >= 0.6 is 11.3 Å². The van der Waals surface area contributed by atoms with Gasteiger partial charge in [0.1, 0.15) is 5.75 Å². The molecule has 1 aliphatic rings. The van der Waals surface area contributed by atoms with Crippen LogP contribution in [0.25, 0.3) is 0 Å². The lowest BCUT2D eigenvalue weighted by atomic mass is 9.95. The van der Waals surface area contributed by atoms with Crippen molar-refractivity contribution in [3.05, 3.63) is 56.7 Å². The van der Waals surface area contributed by atoms with Crippen LogP contribution in [-0.4, -0.2) is 53.5 Å². The minimum atomic E-state index is -0.730. The average Bonchev–Trinajstić information content (AvgIpc) is 3.25. The van der Waals surface area contributed by atoms with Gasteiger partial charge in [0.2, 0.25) is 5.78 Å². The van der Waals surface area contributed by atoms with Crippen LogP contribution < -0.4 is 4.74 Å². The summed E-state index contributed by atoms with van der Waals surface area (Å²) < 4.78 is 11.0. The first kappa shape index (κ1) is 23.9. The van der Waals surface area contributed by atoms with Crippen LogP contribution in [-0.2, 0) is 9.53 Å². The van der Waals surface area contributed by atoms with Crippen molar-refractivity contribution in [2.24, 2.45) is 0 Å². The van der Waals surface area contributed by atoms with Gasteiger partial charge in [-0.3, -0.25) is 9.59 Å². The highest BCUT2D eigenvalue weighted by molar-refractivity contribution is 7.14. The number of aryl methyl sites for hydroxylation is 2. The van der Waals surface area contributed by atoms with Crippen molar-refractivity contribution in [1.29, 1.82) is 0 Å². The fourth-order valence-corrected chi connectivity index (χ4v) is 4.71. The zero-order valence-corrected chi connectivity index (χ0v) is 19.8. The Morgan fingerprint density at radius 1 is 1.25 bits per heavy atom. The van der Waals surface area contributed by atoms with Crippen LogP contribution in [0.2, 0.25) is 0 Å². The number of methoxy groups -OCH3 is 1. The number of benzene rings is 1. The second-order valence-corrected chi connectivity index (χ2v) is 8.96. The van der Waals surface area contributed by atoms with Gasteiger partial charge in [0, 0.05) is 13.7 Å². The maximum Gasteiger partial charge on any atom is 0.290 e. The molecule has 1 aromatic heterocycles. The van der Waals surface area contributed by atoms with E-state index in [0.29, 0.717) is 28.5 Å². The first-order valence-electron chi connectivity index (χ1n) is 10.8. The molecule has 1 atom stereocenters. The monoisotopic (exact) mass is 458 g/mol. The van der Waals surface area contributed by atoms with Crippen molar-refractivity contribution < 1.29 is 24.2 Å². The van der Waals surface area contributed by atoms with Gasteiger partial charge >= 0.3 is 0 Å². The number of hydrogen-bond donors (Lipinski definition) is 1. The molecule has 1 unspecified atom stereocenters. The van der Waals surface area contributed by atoms with Gasteiger partial charge in [-0.05, 0) is 38.0 Å². The van der Waals surface area contributed by atoms with E-state index in [9.17, 15) is 14.7 Å². The lowest BCUT2D eigenvalue weighted by Gasteiger charge is -2.26. The van der Waals surface area contributed by atoms with Crippen molar-refractivity contribution in [2.45, 2.75) is 46.1 Å². The summed E-state index contributed by atoms with van der Waals surface area (Å²) in [6.45, 7) is 6.83. The molecule has 32 heavy (non-hydrogen) atoms. The summed E-state index contributed by atoms with van der Waals surface area (Å²) in [7, 11) is 1.54. The minimum absolute atomic E-state index is 0.0704. The van der Waals surface area contributed by atoms with E-state index in [1.54, 1.807) is 14.0 Å². The van der Waals surface area contributed by atoms with Crippen LogP contribution in [0, 0.1) is 13.8 Å². The molecule has 0 spiro atoms. The van der Waals surface area contributed by atoms with Gasteiger partial charge in [-0.1, -0.05) is 31.9 Å². The molecule has 7 nitrogen and oxygen atoms in total. The van der Waals surface area contributed by atoms with Crippen molar-refractivity contribution >= 4 is 23.0 Å². The molecule has 0 fully saturated rings. The van der Waals surface area contributed by atoms with Crippen molar-refractivity contribution in [3.63, 3.8) is 0 Å². The number of carbonyl (C=O) groups is 2. The lowest BCUT2D eigenvalue weighted by Crippen LogP contribution is -2.34. The molecule has 1 aromatic carbocycles. The number of amides is 1. The highest BCUT2D eigenvalue weighted by Crippen LogP contribution is 2.40. The molecule has 1 amide bonds. The molecule has 2 heterocycles. The van der Waals surface area contributed by atoms with Crippen LogP contribution in [0.15, 0.2) is 35.6 Å². The third kappa shape index (κ3) is 5.02. The fourth-order valence-electron chi connectivity index (χ4n) is 3.83. The Morgan fingerprint density at radius 2 is 2.03 bits per heavy atom. The Bertz CT molecular complexity index is 1010. The molecule has 0 aliphatic carbocycles. The number of thiazole rings is 1. The Morgan fingerprint density at radius 3 is 2.69 bits per heavy atom. The number of nitrogens with zero attached hydrogens (tertiary/aromatic N) is 2. The Kier molecular flexibility index (Phi) is 8.04. The number of ketones is 1. The summed E-state index contributed by atoms with van der Waals surface area (Å²) in [6.07, 6.45) is 3.15. The molecule has 0 bridgehead atoms. The number of aliphatic hydroxyl groups is 1. The van der Waals surface area contributed by atoms with E-state index in [1.165, 1.54) is 16.2 Å². The maximum atomic E-state index is 13.5. The number of aliphatic hydroxyl groups excluding tert-OH is 1. The second-order valence-electron chi connectivity index (χ2n) is 7.76. The number of carbonyl (C=O) groups excluding carboxylic acids is 2. The standard InChI is InChI=1S/C24H30N2O5S/c1-5-6-7-12-31-18-10-8-9-17(14-18)20-19(21(27)23-15(2)25-16(3)32-23)22(28)24(29)26(20)11-13-30-4/h8-10,14,20,28H,5-7,11-13H2,1-4H3. The van der Waals surface area contributed by atoms with E-state index in [-0.39, 0.29) is 24.5 Å². The minimum Gasteiger partial charge on any atom is -0.503 e. The first-order valence-corrected chi connectivity index (χ1v) is 11.6. The largest absolute Gasteiger partial charge is 0.503 e. The second kappa shape index (κ2) is 10.7. The van der Waals surface area contributed by atoms with Crippen molar-refractivity contribution in [2.75, 3.05) is 26.9 Å². The van der Waals surface area contributed by atoms with Gasteiger partial charge in [-0.25, -0.2) is 4.98 Å². The van der Waals surface area contributed by atoms with Crippen molar-refractivity contribution in [1.82, 2.24) is 9.88 Å². The number of hydrogen-bond acceptors (Lipinski definition) is 7. The van der Waals surface area contributed by atoms with Crippen LogP contribution in [0.5, 0.6) is 5.75 Å². The van der Waals surface area contributed by atoms with Gasteiger partial charge in [-0.2, -0.15) is 0 Å². The highest BCUT2D eigenvalue weighted by atomic mass is 32.1. The molecule has 1 aliphatic heterocycles. The summed E-state index contributed by atoms with van der Waals surface area (Å²) in [5.74, 6) is -0.807. The van der Waals surface area contributed by atoms with Gasteiger partial charge in [-0.15, -0.1) is 11.3 Å². The Labute approximate surface area is 192 Å². The summed E-state index contributed by atoms with van der Waals surface area (Å²) in [5.41, 5.74) is 1.36. The van der Waals surface area contributed by atoms with Gasteiger partial charge in [0.15, 0.2) is 5.76 Å². The number of ether oxygens (including phenoxy) is 2. The third-order valence-corrected chi connectivity index (χ3v) is 6.46. The molecule has 0 radical (unpaired) electrons. The zero-order chi connectivity index (χ0) is 23.3. The van der Waals surface area contributed by atoms with Gasteiger partial charge in [0.25, 0.3) is 5.91 Å². The molecule has 8 heteroatoms. The Balaban J connectivity index is 1.99. The smallest absolute Gasteiger partial charge is 0.290 e. The molecular formula is C24H30N2O5S. The van der Waals surface area contributed by atoms with Crippen LogP contribution in [0.3, 0.4) is 0 Å².